The first-order valence-electron chi connectivity index (χ1n) is 14.2. The zero-order valence-corrected chi connectivity index (χ0v) is 19.2. The van der Waals surface area contributed by atoms with E-state index in [1.807, 2.05) is 13.8 Å². The molecule has 0 aromatic heterocycles. The maximum atomic E-state index is 11.9. The van der Waals surface area contributed by atoms with Gasteiger partial charge >= 0.3 is 5.97 Å². The zero-order chi connectivity index (χ0) is 25.5. The van der Waals surface area contributed by atoms with Crippen molar-refractivity contribution < 1.29 is 25.6 Å². The van der Waals surface area contributed by atoms with Crippen molar-refractivity contribution in [2.75, 3.05) is 0 Å². The lowest BCUT2D eigenvalue weighted by molar-refractivity contribution is -0.203. The van der Waals surface area contributed by atoms with Crippen LogP contribution in [0.1, 0.15) is 97.3 Å². The molecule has 4 heteroatoms. The van der Waals surface area contributed by atoms with E-state index < -0.39 is 24.5 Å². The average Bonchev–Trinajstić information content (AvgIpc) is 3.06. The normalized spacial score (nSPS) is 58.9. The number of carboxylic acid groups (broad SMARTS) is 1. The Morgan fingerprint density at radius 3 is 2.43 bits per heavy atom. The van der Waals surface area contributed by atoms with E-state index in [0.29, 0.717) is 19.3 Å². The predicted octanol–water partition coefficient (Wildman–Crippen LogP) is 5.11. The molecule has 0 aliphatic heterocycles. The summed E-state index contributed by atoms with van der Waals surface area (Å²) in [5.74, 6) is -1.58. The van der Waals surface area contributed by atoms with Crippen molar-refractivity contribution in [2.24, 2.45) is 52.3 Å². The summed E-state index contributed by atoms with van der Waals surface area (Å²) in [4.78, 5) is 11.4. The number of aliphatic hydroxyl groups is 2. The Bertz CT molecular complexity index is 817. The van der Waals surface area contributed by atoms with Gasteiger partial charge in [0.2, 0.25) is 0 Å². The van der Waals surface area contributed by atoms with Crippen LogP contribution in [0.5, 0.6) is 0 Å². The molecule has 0 aromatic carbocycles. The number of rotatable bonds is 5. The standard InChI is InChI=1S/C26H44O4/c1-5-17-21-14-16(27)10-12-26(21,4)20-11-13-25(3)18(15(2)6-9-22(28)29)7-8-19(25)23(20)24(17)30/h15-21,23-24,27,30H,5-14H2,1-4H3,(H,28,29)/t15-,16-,17-,18-,19?,20?,21+,23?,24?,25-,26-/m1/s1/i9D2,16D,24D. The van der Waals surface area contributed by atoms with E-state index in [4.69, 9.17) is 4.11 Å². The van der Waals surface area contributed by atoms with Gasteiger partial charge in [-0.05, 0) is 104 Å². The van der Waals surface area contributed by atoms with Crippen LogP contribution in [0, 0.1) is 52.3 Å². The fraction of sp³-hybridized carbons (Fsp3) is 0.962. The summed E-state index contributed by atoms with van der Waals surface area (Å²) in [5.41, 5.74) is -0.270. The van der Waals surface area contributed by atoms with Gasteiger partial charge in [-0.2, -0.15) is 0 Å². The minimum absolute atomic E-state index is 0.0198. The molecule has 11 atom stereocenters. The summed E-state index contributed by atoms with van der Waals surface area (Å²) in [7, 11) is 0. The fourth-order valence-corrected chi connectivity index (χ4v) is 8.86. The van der Waals surface area contributed by atoms with Crippen molar-refractivity contribution in [2.45, 2.75) is 104 Å². The maximum Gasteiger partial charge on any atom is 0.303 e. The molecule has 0 spiro atoms. The van der Waals surface area contributed by atoms with Crippen LogP contribution < -0.4 is 0 Å². The van der Waals surface area contributed by atoms with E-state index in [-0.39, 0.29) is 58.7 Å². The van der Waals surface area contributed by atoms with Gasteiger partial charge in [-0.1, -0.05) is 34.1 Å². The van der Waals surface area contributed by atoms with Crippen LogP contribution in [0.4, 0.5) is 0 Å². The quantitative estimate of drug-likeness (QED) is 0.573. The predicted molar refractivity (Wildman–Crippen MR) is 118 cm³/mol. The summed E-state index contributed by atoms with van der Waals surface area (Å²) >= 11 is 0. The third-order valence-electron chi connectivity index (χ3n) is 10.4. The van der Waals surface area contributed by atoms with Crippen LogP contribution in [0.25, 0.3) is 0 Å². The van der Waals surface area contributed by atoms with Gasteiger partial charge in [0, 0.05) is 9.11 Å². The molecule has 4 saturated carbocycles. The Labute approximate surface area is 188 Å². The number of fused-ring (bicyclic) bond motifs is 5. The van der Waals surface area contributed by atoms with Gasteiger partial charge in [-0.3, -0.25) is 4.79 Å². The Hall–Kier alpha value is -0.610. The number of hydrogen-bond acceptors (Lipinski definition) is 3. The highest BCUT2D eigenvalue weighted by atomic mass is 16.4. The van der Waals surface area contributed by atoms with Crippen LogP contribution in [0.2, 0.25) is 0 Å². The Morgan fingerprint density at radius 1 is 1.10 bits per heavy atom. The van der Waals surface area contributed by atoms with Crippen molar-refractivity contribution in [3.05, 3.63) is 0 Å². The lowest BCUT2D eigenvalue weighted by Crippen LogP contribution is -2.62. The minimum atomic E-state index is -2.25. The smallest absolute Gasteiger partial charge is 0.303 e. The molecule has 4 aliphatic rings. The van der Waals surface area contributed by atoms with Crippen molar-refractivity contribution in [3.63, 3.8) is 0 Å². The van der Waals surface area contributed by atoms with Gasteiger partial charge in [0.25, 0.3) is 0 Å². The number of carbonyl (C=O) groups is 1. The number of hydrogen-bond donors (Lipinski definition) is 3. The van der Waals surface area contributed by atoms with E-state index in [9.17, 15) is 21.5 Å². The third-order valence-corrected chi connectivity index (χ3v) is 10.4. The van der Waals surface area contributed by atoms with Crippen LogP contribution in [0.15, 0.2) is 0 Å². The molecule has 0 aromatic rings. The summed E-state index contributed by atoms with van der Waals surface area (Å²) < 4.78 is 33.6. The van der Waals surface area contributed by atoms with E-state index in [1.165, 1.54) is 0 Å². The molecule has 4 aliphatic carbocycles. The first-order valence-corrected chi connectivity index (χ1v) is 12.2. The Balaban J connectivity index is 1.68. The monoisotopic (exact) mass is 424 g/mol. The lowest BCUT2D eigenvalue weighted by Gasteiger charge is -2.64. The van der Waals surface area contributed by atoms with E-state index in [0.717, 1.165) is 32.1 Å². The third kappa shape index (κ3) is 3.36. The van der Waals surface area contributed by atoms with E-state index in [1.54, 1.807) is 0 Å². The first-order chi connectivity index (χ1) is 15.5. The second-order valence-corrected chi connectivity index (χ2v) is 11.5. The summed E-state index contributed by atoms with van der Waals surface area (Å²) in [6.07, 6.45) is 0.318. The first kappa shape index (κ1) is 17.9. The average molecular weight is 425 g/mol. The van der Waals surface area contributed by atoms with Gasteiger partial charge in [0.1, 0.15) is 0 Å². The molecule has 172 valence electrons. The van der Waals surface area contributed by atoms with Crippen molar-refractivity contribution in [1.29, 1.82) is 0 Å². The summed E-state index contributed by atoms with van der Waals surface area (Å²) in [6, 6.07) is 0. The Kier molecular flexibility index (Phi) is 4.81. The highest BCUT2D eigenvalue weighted by Crippen LogP contribution is 2.69. The highest BCUT2D eigenvalue weighted by molar-refractivity contribution is 5.66. The molecule has 4 rings (SSSR count). The molecule has 0 radical (unpaired) electrons. The van der Waals surface area contributed by atoms with E-state index >= 15 is 0 Å². The maximum absolute atomic E-state index is 11.9. The summed E-state index contributed by atoms with van der Waals surface area (Å²) in [6.45, 7) is 8.51. The Morgan fingerprint density at radius 2 is 1.77 bits per heavy atom. The SMILES string of the molecule is [2H]C([2H])(C[C@@H](C)[C@H]1CCC2C3C(CC[C@@]21C)[C@@]1(C)CC[C@@]([2H])(O)C[C@H]1[C@@H](CC)C3([2H])O)C(=O)O. The van der Waals surface area contributed by atoms with Crippen molar-refractivity contribution >= 4 is 5.97 Å². The van der Waals surface area contributed by atoms with Crippen LogP contribution in [-0.2, 0) is 4.79 Å². The molecule has 4 nitrogen and oxygen atoms in total. The minimum Gasteiger partial charge on any atom is -0.481 e. The second kappa shape index (κ2) is 8.06. The van der Waals surface area contributed by atoms with Crippen LogP contribution in [0.3, 0.4) is 0 Å². The van der Waals surface area contributed by atoms with Crippen LogP contribution >= 0.6 is 0 Å². The molecule has 0 heterocycles. The topological polar surface area (TPSA) is 77.8 Å². The largest absolute Gasteiger partial charge is 0.481 e. The highest BCUT2D eigenvalue weighted by Gasteiger charge is 2.64. The van der Waals surface area contributed by atoms with Gasteiger partial charge in [0.15, 0.2) is 0 Å². The van der Waals surface area contributed by atoms with Gasteiger partial charge in [-0.15, -0.1) is 0 Å². The fourth-order valence-electron chi connectivity index (χ4n) is 8.86. The zero-order valence-electron chi connectivity index (χ0n) is 23.2. The molecule has 4 fully saturated rings. The number of aliphatic carboxylic acids is 1. The van der Waals surface area contributed by atoms with Crippen LogP contribution in [-0.4, -0.2) is 33.4 Å². The number of carboxylic acids is 1. The molecule has 0 saturated heterocycles. The molecular formula is C26H44O4. The van der Waals surface area contributed by atoms with Gasteiger partial charge < -0.3 is 15.3 Å². The molecular weight excluding hydrogens is 376 g/mol. The van der Waals surface area contributed by atoms with Crippen molar-refractivity contribution in [3.8, 4) is 0 Å². The molecule has 0 bridgehead atoms. The van der Waals surface area contributed by atoms with Gasteiger partial charge in [-0.25, -0.2) is 0 Å². The molecule has 0 amide bonds. The van der Waals surface area contributed by atoms with Crippen molar-refractivity contribution in [1.82, 2.24) is 0 Å². The molecule has 30 heavy (non-hydrogen) atoms. The molecule has 4 unspecified atom stereocenters. The lowest BCUT2D eigenvalue weighted by atomic mass is 9.41. The molecule has 3 N–H and O–H groups in total. The summed E-state index contributed by atoms with van der Waals surface area (Å²) in [5, 5.41) is 31.8. The second-order valence-electron chi connectivity index (χ2n) is 11.5. The van der Waals surface area contributed by atoms with E-state index in [2.05, 4.69) is 13.8 Å². The van der Waals surface area contributed by atoms with Gasteiger partial charge in [0.05, 0.1) is 14.9 Å².